The lowest BCUT2D eigenvalue weighted by molar-refractivity contribution is -0.161. The first-order chi connectivity index (χ1) is 10.4. The van der Waals surface area contributed by atoms with E-state index in [1.54, 1.807) is 25.1 Å². The second kappa shape index (κ2) is 6.98. The zero-order valence-electron chi connectivity index (χ0n) is 12.4. The number of carbonyl (C=O) groups excluding carboxylic acids is 1. The molecule has 0 spiro atoms. The molecule has 1 aliphatic heterocycles. The van der Waals surface area contributed by atoms with Gasteiger partial charge in [0.05, 0.1) is 13.2 Å². The fraction of sp³-hybridized carbons (Fsp3) is 0.467. The van der Waals surface area contributed by atoms with Crippen molar-refractivity contribution < 1.29 is 24.2 Å². The predicted molar refractivity (Wildman–Crippen MR) is 80.2 cm³/mol. The van der Waals surface area contributed by atoms with Gasteiger partial charge in [-0.05, 0) is 37.6 Å². The number of rotatable bonds is 4. The minimum atomic E-state index is -1.07. The molecule has 1 amide bonds. The topological polar surface area (TPSA) is 76.1 Å². The molecule has 1 N–H and O–H groups in total. The monoisotopic (exact) mass is 327 g/mol. The van der Waals surface area contributed by atoms with Crippen LogP contribution < -0.4 is 4.74 Å². The van der Waals surface area contributed by atoms with Crippen molar-refractivity contribution in [3.63, 3.8) is 0 Å². The molecular formula is C15H18ClNO5. The van der Waals surface area contributed by atoms with Crippen molar-refractivity contribution in [2.45, 2.75) is 26.1 Å². The van der Waals surface area contributed by atoms with Gasteiger partial charge in [-0.2, -0.15) is 0 Å². The van der Waals surface area contributed by atoms with E-state index in [-0.39, 0.29) is 19.1 Å². The fourth-order valence-corrected chi connectivity index (χ4v) is 2.47. The van der Waals surface area contributed by atoms with Crippen molar-refractivity contribution >= 4 is 23.5 Å². The summed E-state index contributed by atoms with van der Waals surface area (Å²) < 4.78 is 10.8. The molecule has 1 heterocycles. The van der Waals surface area contributed by atoms with Crippen molar-refractivity contribution in [3.05, 3.63) is 28.8 Å². The van der Waals surface area contributed by atoms with Gasteiger partial charge in [0.1, 0.15) is 5.75 Å². The molecule has 0 saturated carbocycles. The number of nitrogens with zero attached hydrogens (tertiary/aromatic N) is 1. The highest BCUT2D eigenvalue weighted by Crippen LogP contribution is 2.23. The molecule has 1 aliphatic rings. The molecule has 2 rings (SSSR count). The lowest BCUT2D eigenvalue weighted by atomic mass is 10.2. The van der Waals surface area contributed by atoms with Crippen LogP contribution in [0.4, 0.5) is 0 Å². The third-order valence-electron chi connectivity index (χ3n) is 3.44. The zero-order chi connectivity index (χ0) is 16.3. The normalized spacial score (nSPS) is 19.6. The Morgan fingerprint density at radius 2 is 2.23 bits per heavy atom. The van der Waals surface area contributed by atoms with Gasteiger partial charge in [-0.3, -0.25) is 4.79 Å². The molecule has 1 aromatic carbocycles. The Bertz CT molecular complexity index is 577. The van der Waals surface area contributed by atoms with E-state index in [1.165, 1.54) is 4.90 Å². The minimum Gasteiger partial charge on any atom is -0.481 e. The van der Waals surface area contributed by atoms with Crippen LogP contribution in [-0.4, -0.2) is 53.8 Å². The Kier molecular flexibility index (Phi) is 5.26. The number of carbonyl (C=O) groups is 2. The molecule has 1 fully saturated rings. The number of morpholine rings is 1. The SMILES string of the molecule is Cc1cc(Cl)ccc1O[C@@H](C)C(=O)N1CCO[C@H](C(=O)O)C1. The van der Waals surface area contributed by atoms with E-state index >= 15 is 0 Å². The summed E-state index contributed by atoms with van der Waals surface area (Å²) in [6, 6.07) is 5.15. The van der Waals surface area contributed by atoms with Crippen LogP contribution in [0.5, 0.6) is 5.75 Å². The Labute approximate surface area is 133 Å². The smallest absolute Gasteiger partial charge is 0.334 e. The molecule has 0 aromatic heterocycles. The number of carboxylic acids is 1. The highest BCUT2D eigenvalue weighted by Gasteiger charge is 2.31. The molecule has 0 aliphatic carbocycles. The number of aliphatic carboxylic acids is 1. The van der Waals surface area contributed by atoms with Crippen molar-refractivity contribution in [1.29, 1.82) is 0 Å². The van der Waals surface area contributed by atoms with Gasteiger partial charge in [0.2, 0.25) is 0 Å². The van der Waals surface area contributed by atoms with Gasteiger partial charge in [-0.25, -0.2) is 4.79 Å². The van der Waals surface area contributed by atoms with Crippen LogP contribution in [0.3, 0.4) is 0 Å². The second-order valence-electron chi connectivity index (χ2n) is 5.15. The van der Waals surface area contributed by atoms with E-state index in [2.05, 4.69) is 0 Å². The van der Waals surface area contributed by atoms with E-state index in [0.29, 0.717) is 17.3 Å². The number of benzene rings is 1. The summed E-state index contributed by atoms with van der Waals surface area (Å²) in [6.45, 7) is 4.07. The van der Waals surface area contributed by atoms with Crippen LogP contribution in [0.2, 0.25) is 5.02 Å². The first-order valence-corrected chi connectivity index (χ1v) is 7.32. The first kappa shape index (κ1) is 16.6. The van der Waals surface area contributed by atoms with Gasteiger partial charge in [0, 0.05) is 11.6 Å². The quantitative estimate of drug-likeness (QED) is 0.911. The van der Waals surface area contributed by atoms with Crippen LogP contribution in [0, 0.1) is 6.92 Å². The summed E-state index contributed by atoms with van der Waals surface area (Å²) >= 11 is 5.88. The van der Waals surface area contributed by atoms with Crippen LogP contribution in [-0.2, 0) is 14.3 Å². The molecule has 1 aromatic rings. The third-order valence-corrected chi connectivity index (χ3v) is 3.68. The number of ether oxygens (including phenoxy) is 2. The molecule has 22 heavy (non-hydrogen) atoms. The number of carboxylic acid groups (broad SMARTS) is 1. The van der Waals surface area contributed by atoms with Gasteiger partial charge in [0.25, 0.3) is 5.91 Å². The molecule has 0 radical (unpaired) electrons. The van der Waals surface area contributed by atoms with Crippen molar-refractivity contribution in [1.82, 2.24) is 4.90 Å². The van der Waals surface area contributed by atoms with E-state index in [0.717, 1.165) is 5.56 Å². The maximum absolute atomic E-state index is 12.4. The van der Waals surface area contributed by atoms with Crippen LogP contribution >= 0.6 is 11.6 Å². The van der Waals surface area contributed by atoms with E-state index in [9.17, 15) is 9.59 Å². The van der Waals surface area contributed by atoms with Gasteiger partial charge in [-0.15, -0.1) is 0 Å². The van der Waals surface area contributed by atoms with E-state index in [4.69, 9.17) is 26.2 Å². The van der Waals surface area contributed by atoms with Crippen molar-refractivity contribution in [2.24, 2.45) is 0 Å². The molecule has 2 atom stereocenters. The zero-order valence-corrected chi connectivity index (χ0v) is 13.2. The maximum Gasteiger partial charge on any atom is 0.334 e. The molecule has 1 saturated heterocycles. The Balaban J connectivity index is 2.01. The predicted octanol–water partition coefficient (Wildman–Crippen LogP) is 1.73. The van der Waals surface area contributed by atoms with E-state index in [1.807, 2.05) is 6.92 Å². The molecule has 6 nitrogen and oxygen atoms in total. The number of halogens is 1. The number of amides is 1. The van der Waals surface area contributed by atoms with Gasteiger partial charge in [0.15, 0.2) is 12.2 Å². The van der Waals surface area contributed by atoms with Crippen LogP contribution in [0.15, 0.2) is 18.2 Å². The maximum atomic E-state index is 12.4. The third kappa shape index (κ3) is 3.90. The van der Waals surface area contributed by atoms with E-state index < -0.39 is 18.2 Å². The highest BCUT2D eigenvalue weighted by molar-refractivity contribution is 6.30. The summed E-state index contributed by atoms with van der Waals surface area (Å²) in [7, 11) is 0. The summed E-state index contributed by atoms with van der Waals surface area (Å²) in [5.41, 5.74) is 0.831. The molecule has 120 valence electrons. The summed E-state index contributed by atoms with van der Waals surface area (Å²) in [5.74, 6) is -0.753. The fourth-order valence-electron chi connectivity index (χ4n) is 2.24. The lowest BCUT2D eigenvalue weighted by Crippen LogP contribution is -2.51. The standard InChI is InChI=1S/C15H18ClNO5/c1-9-7-11(16)3-4-12(9)22-10(2)14(18)17-5-6-21-13(8-17)15(19)20/h3-4,7,10,13H,5-6,8H2,1-2H3,(H,19,20)/t10-,13-/m0/s1. The van der Waals surface area contributed by atoms with Gasteiger partial charge >= 0.3 is 5.97 Å². The highest BCUT2D eigenvalue weighted by atomic mass is 35.5. The van der Waals surface area contributed by atoms with Crippen LogP contribution in [0.1, 0.15) is 12.5 Å². The minimum absolute atomic E-state index is 0.0292. The number of aryl methyl sites for hydroxylation is 1. The largest absolute Gasteiger partial charge is 0.481 e. The molecule has 7 heteroatoms. The first-order valence-electron chi connectivity index (χ1n) is 6.94. The summed E-state index contributed by atoms with van der Waals surface area (Å²) in [6.07, 6.45) is -1.70. The summed E-state index contributed by atoms with van der Waals surface area (Å²) in [5, 5.41) is 9.57. The van der Waals surface area contributed by atoms with Crippen molar-refractivity contribution in [3.8, 4) is 5.75 Å². The molecule has 0 bridgehead atoms. The summed E-state index contributed by atoms with van der Waals surface area (Å²) in [4.78, 5) is 24.8. The number of hydrogen-bond donors (Lipinski definition) is 1. The van der Waals surface area contributed by atoms with Gasteiger partial charge < -0.3 is 19.5 Å². The molecule has 0 unspecified atom stereocenters. The Morgan fingerprint density at radius 3 is 2.86 bits per heavy atom. The Hall–Kier alpha value is -1.79. The number of hydrogen-bond acceptors (Lipinski definition) is 4. The Morgan fingerprint density at radius 1 is 1.50 bits per heavy atom. The molecular weight excluding hydrogens is 310 g/mol. The second-order valence-corrected chi connectivity index (χ2v) is 5.59. The van der Waals surface area contributed by atoms with Crippen LogP contribution in [0.25, 0.3) is 0 Å². The average Bonchev–Trinajstić information content (AvgIpc) is 2.49. The van der Waals surface area contributed by atoms with Gasteiger partial charge in [-0.1, -0.05) is 11.6 Å². The lowest BCUT2D eigenvalue weighted by Gasteiger charge is -2.32. The van der Waals surface area contributed by atoms with Crippen molar-refractivity contribution in [2.75, 3.05) is 19.7 Å². The average molecular weight is 328 g/mol.